The minimum absolute atomic E-state index is 0.0234. The van der Waals surface area contributed by atoms with Gasteiger partial charge in [-0.05, 0) is 48.9 Å². The van der Waals surface area contributed by atoms with Crippen LogP contribution in [0.4, 0.5) is 17.1 Å². The molecule has 0 unspecified atom stereocenters. The molecule has 0 radical (unpaired) electrons. The highest BCUT2D eigenvalue weighted by atomic mass is 35.5. The molecular formula is C24H21ClN6O3S. The smallest absolute Gasteiger partial charge is 0.269 e. The average Bonchev–Trinajstić information content (AvgIpc) is 3.26. The van der Waals surface area contributed by atoms with E-state index < -0.39 is 4.92 Å². The highest BCUT2D eigenvalue weighted by molar-refractivity contribution is 7.99. The van der Waals surface area contributed by atoms with E-state index in [1.54, 1.807) is 13.0 Å². The fourth-order valence-corrected chi connectivity index (χ4v) is 4.30. The topological polar surface area (TPSA) is 115 Å². The number of carbonyl (C=O) groups excluding carboxylic acids is 1. The number of hydrogen-bond donors (Lipinski definition) is 2. The molecule has 0 aliphatic rings. The summed E-state index contributed by atoms with van der Waals surface area (Å²) in [5.41, 5.74) is 2.84. The van der Waals surface area contributed by atoms with Gasteiger partial charge in [0.2, 0.25) is 5.91 Å². The number of thioether (sulfide) groups is 1. The quantitative estimate of drug-likeness (QED) is 0.175. The Bertz CT molecular complexity index is 1360. The molecule has 4 aromatic rings. The molecule has 0 aliphatic heterocycles. The molecule has 0 bridgehead atoms. The number of rotatable bonds is 9. The van der Waals surface area contributed by atoms with Crippen LogP contribution in [0.1, 0.15) is 11.4 Å². The van der Waals surface area contributed by atoms with Crippen LogP contribution in [0.25, 0.3) is 5.69 Å². The molecule has 0 atom stereocenters. The number of non-ortho nitro benzene ring substituents is 1. The summed E-state index contributed by atoms with van der Waals surface area (Å²) in [5.74, 6) is 0.502. The van der Waals surface area contributed by atoms with E-state index in [1.807, 2.05) is 53.1 Å². The van der Waals surface area contributed by atoms with E-state index in [-0.39, 0.29) is 17.3 Å². The van der Waals surface area contributed by atoms with Crippen LogP contribution in [0.3, 0.4) is 0 Å². The van der Waals surface area contributed by atoms with Crippen LogP contribution in [0.2, 0.25) is 5.02 Å². The zero-order valence-corrected chi connectivity index (χ0v) is 20.2. The van der Waals surface area contributed by atoms with E-state index >= 15 is 0 Å². The number of anilines is 2. The maximum Gasteiger partial charge on any atom is 0.269 e. The molecule has 2 N–H and O–H groups in total. The molecule has 35 heavy (non-hydrogen) atoms. The van der Waals surface area contributed by atoms with Crippen molar-refractivity contribution < 1.29 is 9.72 Å². The summed E-state index contributed by atoms with van der Waals surface area (Å²) in [7, 11) is 0. The van der Waals surface area contributed by atoms with Gasteiger partial charge >= 0.3 is 0 Å². The summed E-state index contributed by atoms with van der Waals surface area (Å²) < 4.78 is 1.90. The van der Waals surface area contributed by atoms with E-state index in [0.717, 1.165) is 11.4 Å². The molecule has 0 saturated carbocycles. The molecule has 0 saturated heterocycles. The van der Waals surface area contributed by atoms with Crippen LogP contribution >= 0.6 is 23.4 Å². The number of halogens is 1. The minimum atomic E-state index is -0.469. The van der Waals surface area contributed by atoms with Crippen LogP contribution in [0, 0.1) is 17.0 Å². The van der Waals surface area contributed by atoms with Crippen molar-refractivity contribution in [2.75, 3.05) is 16.4 Å². The molecule has 3 aromatic carbocycles. The molecule has 0 fully saturated rings. The van der Waals surface area contributed by atoms with Crippen molar-refractivity contribution in [3.63, 3.8) is 0 Å². The fourth-order valence-electron chi connectivity index (χ4n) is 3.34. The van der Waals surface area contributed by atoms with Crippen molar-refractivity contribution in [2.45, 2.75) is 18.6 Å². The zero-order valence-electron chi connectivity index (χ0n) is 18.6. The SMILES string of the molecule is Cc1cc([N+](=O)[O-])ccc1NC(=O)CSc1nnc(CNc2cccc(Cl)c2)n1-c1ccccc1. The molecule has 0 aliphatic carbocycles. The standard InChI is InChI=1S/C24H21ClN6O3S/c1-16-12-20(31(33)34)10-11-21(16)27-23(32)15-35-24-29-28-22(30(24)19-8-3-2-4-9-19)14-26-18-7-5-6-17(25)13-18/h2-13,26H,14-15H2,1H3,(H,27,32). The maximum absolute atomic E-state index is 12.6. The van der Waals surface area contributed by atoms with Gasteiger partial charge in [-0.15, -0.1) is 10.2 Å². The van der Waals surface area contributed by atoms with Gasteiger partial charge in [-0.1, -0.05) is 47.6 Å². The first kappa shape index (κ1) is 24.2. The monoisotopic (exact) mass is 508 g/mol. The number of benzene rings is 3. The molecule has 1 aromatic heterocycles. The summed E-state index contributed by atoms with van der Waals surface area (Å²) in [6.07, 6.45) is 0. The Balaban J connectivity index is 1.48. The first-order valence-electron chi connectivity index (χ1n) is 10.6. The Kier molecular flexibility index (Phi) is 7.64. The number of aryl methyl sites for hydroxylation is 1. The second kappa shape index (κ2) is 11.0. The maximum atomic E-state index is 12.6. The van der Waals surface area contributed by atoms with E-state index in [2.05, 4.69) is 20.8 Å². The van der Waals surface area contributed by atoms with Crippen LogP contribution in [-0.4, -0.2) is 31.3 Å². The van der Waals surface area contributed by atoms with Gasteiger partial charge < -0.3 is 10.6 Å². The Labute approximate surface area is 210 Å². The van der Waals surface area contributed by atoms with Crippen molar-refractivity contribution in [3.05, 3.63) is 99.3 Å². The largest absolute Gasteiger partial charge is 0.378 e. The van der Waals surface area contributed by atoms with Gasteiger partial charge in [-0.25, -0.2) is 0 Å². The minimum Gasteiger partial charge on any atom is -0.378 e. The van der Waals surface area contributed by atoms with E-state index in [9.17, 15) is 14.9 Å². The zero-order chi connectivity index (χ0) is 24.8. The highest BCUT2D eigenvalue weighted by Gasteiger charge is 2.17. The number of nitro benzene ring substituents is 1. The fraction of sp³-hybridized carbons (Fsp3) is 0.125. The molecule has 4 rings (SSSR count). The lowest BCUT2D eigenvalue weighted by Crippen LogP contribution is -2.15. The summed E-state index contributed by atoms with van der Waals surface area (Å²) >= 11 is 7.32. The highest BCUT2D eigenvalue weighted by Crippen LogP contribution is 2.25. The van der Waals surface area contributed by atoms with Crippen molar-refractivity contribution in [3.8, 4) is 5.69 Å². The van der Waals surface area contributed by atoms with Gasteiger partial charge in [0.1, 0.15) is 0 Å². The molecule has 1 heterocycles. The number of nitrogens with zero attached hydrogens (tertiary/aromatic N) is 4. The second-order valence-corrected chi connectivity index (χ2v) is 8.91. The van der Waals surface area contributed by atoms with Crippen LogP contribution in [0.15, 0.2) is 78.0 Å². The molecule has 1 amide bonds. The van der Waals surface area contributed by atoms with Gasteiger partial charge in [0.05, 0.1) is 17.2 Å². The van der Waals surface area contributed by atoms with Gasteiger partial charge in [-0.2, -0.15) is 0 Å². The number of carbonyl (C=O) groups is 1. The summed E-state index contributed by atoms with van der Waals surface area (Å²) in [5, 5.41) is 26.9. The number of aromatic nitrogens is 3. The lowest BCUT2D eigenvalue weighted by molar-refractivity contribution is -0.384. The molecule has 0 spiro atoms. The first-order valence-corrected chi connectivity index (χ1v) is 11.9. The van der Waals surface area contributed by atoms with Crippen molar-refractivity contribution >= 4 is 46.3 Å². The normalized spacial score (nSPS) is 10.7. The Morgan fingerprint density at radius 3 is 2.60 bits per heavy atom. The molecule has 9 nitrogen and oxygen atoms in total. The number of nitrogens with one attached hydrogen (secondary N) is 2. The lowest BCUT2D eigenvalue weighted by atomic mass is 10.2. The van der Waals surface area contributed by atoms with Gasteiger partial charge in [-0.3, -0.25) is 19.5 Å². The first-order chi connectivity index (χ1) is 16.9. The lowest BCUT2D eigenvalue weighted by Gasteiger charge is -2.12. The van der Waals surface area contributed by atoms with Crippen molar-refractivity contribution in [1.82, 2.24) is 14.8 Å². The van der Waals surface area contributed by atoms with Crippen LogP contribution in [-0.2, 0) is 11.3 Å². The van der Waals surface area contributed by atoms with Crippen molar-refractivity contribution in [1.29, 1.82) is 0 Å². The van der Waals surface area contributed by atoms with E-state index in [1.165, 1.54) is 30.0 Å². The predicted octanol–water partition coefficient (Wildman–Crippen LogP) is 5.48. The van der Waals surface area contributed by atoms with Crippen LogP contribution < -0.4 is 10.6 Å². The van der Waals surface area contributed by atoms with Crippen LogP contribution in [0.5, 0.6) is 0 Å². The van der Waals surface area contributed by atoms with Gasteiger partial charge in [0, 0.05) is 34.2 Å². The van der Waals surface area contributed by atoms with Crippen molar-refractivity contribution in [2.24, 2.45) is 0 Å². The Hall–Kier alpha value is -3.89. The molecule has 178 valence electrons. The third-order valence-corrected chi connectivity index (χ3v) is 6.18. The summed E-state index contributed by atoms with van der Waals surface area (Å²) in [6.45, 7) is 2.11. The predicted molar refractivity (Wildman–Crippen MR) is 137 cm³/mol. The number of para-hydroxylation sites is 1. The molecular weight excluding hydrogens is 488 g/mol. The Morgan fingerprint density at radius 1 is 1.09 bits per heavy atom. The summed E-state index contributed by atoms with van der Waals surface area (Å²) in [4.78, 5) is 23.1. The second-order valence-electron chi connectivity index (χ2n) is 7.53. The third-order valence-electron chi connectivity index (χ3n) is 5.02. The Morgan fingerprint density at radius 2 is 1.89 bits per heavy atom. The number of nitro groups is 1. The van der Waals surface area contributed by atoms with Gasteiger partial charge in [0.15, 0.2) is 11.0 Å². The van der Waals surface area contributed by atoms with E-state index in [0.29, 0.717) is 33.8 Å². The van der Waals surface area contributed by atoms with E-state index in [4.69, 9.17) is 11.6 Å². The average molecular weight is 509 g/mol. The third kappa shape index (κ3) is 6.17. The molecule has 11 heteroatoms. The number of hydrogen-bond acceptors (Lipinski definition) is 7. The number of amides is 1. The summed E-state index contributed by atoms with van der Waals surface area (Å²) in [6, 6.07) is 21.4. The van der Waals surface area contributed by atoms with Gasteiger partial charge in [0.25, 0.3) is 5.69 Å².